The van der Waals surface area contributed by atoms with E-state index >= 15 is 0 Å². The van der Waals surface area contributed by atoms with Gasteiger partial charge in [0, 0.05) is 0 Å². The fourth-order valence-electron chi connectivity index (χ4n) is 2.30. The highest BCUT2D eigenvalue weighted by Gasteiger charge is 2.18. The highest BCUT2D eigenvalue weighted by atomic mass is 127. The lowest BCUT2D eigenvalue weighted by Gasteiger charge is -2.21. The van der Waals surface area contributed by atoms with Crippen LogP contribution in [0.1, 0.15) is 37.7 Å². The monoisotopic (exact) mass is 386 g/mol. The molecule has 2 rings (SSSR count). The van der Waals surface area contributed by atoms with Crippen molar-refractivity contribution in [3.63, 3.8) is 0 Å². The molecule has 0 heterocycles. The van der Waals surface area contributed by atoms with Gasteiger partial charge in [-0.05, 0) is 66.0 Å². The Morgan fingerprint density at radius 2 is 2.10 bits per heavy atom. The Bertz CT molecular complexity index is 479. The quantitative estimate of drug-likeness (QED) is 0.563. The molecule has 1 aromatic rings. The number of hydrogen-bond acceptors (Lipinski definition) is 3. The van der Waals surface area contributed by atoms with Crippen LogP contribution in [0.25, 0.3) is 6.08 Å². The average Bonchev–Trinajstić information content (AvgIpc) is 2.47. The normalized spacial score (nSPS) is 15.7. The molecule has 0 aromatic heterocycles. The summed E-state index contributed by atoms with van der Waals surface area (Å²) in [5.74, 6) is 0.428. The van der Waals surface area contributed by atoms with Gasteiger partial charge in [0.2, 0.25) is 0 Å². The van der Waals surface area contributed by atoms with Crippen LogP contribution in [-0.2, 0) is 9.53 Å². The summed E-state index contributed by atoms with van der Waals surface area (Å²) in [6.07, 6.45) is 7.39. The molecule has 1 aromatic carbocycles. The molecule has 0 N–H and O–H groups in total. The van der Waals surface area contributed by atoms with Gasteiger partial charge in [-0.15, -0.1) is 0 Å². The number of carbonyl (C=O) groups is 1. The Labute approximate surface area is 133 Å². The Morgan fingerprint density at radius 3 is 2.75 bits per heavy atom. The predicted octanol–water partition coefficient (Wildman–Crippen LogP) is 4.19. The second-order valence-electron chi connectivity index (χ2n) is 4.93. The molecule has 0 aliphatic heterocycles. The van der Waals surface area contributed by atoms with Gasteiger partial charge in [0.15, 0.2) is 6.61 Å². The third-order valence-corrected chi connectivity index (χ3v) is 4.23. The first-order valence-electron chi connectivity index (χ1n) is 6.93. The van der Waals surface area contributed by atoms with Crippen molar-refractivity contribution in [1.82, 2.24) is 0 Å². The Kier molecular flexibility index (Phi) is 5.88. The minimum absolute atomic E-state index is 0.0278. The molecule has 1 saturated carbocycles. The van der Waals surface area contributed by atoms with E-state index in [0.29, 0.717) is 5.75 Å². The standard InChI is InChI=1S/C16H19IO3/c1-2-12-8-9-15(14(17)10-12)19-11-16(18)20-13-6-4-3-5-7-13/h2,8-10,13H,1,3-7,11H2. The van der Waals surface area contributed by atoms with Crippen molar-refractivity contribution in [2.45, 2.75) is 38.2 Å². The number of hydrogen-bond donors (Lipinski definition) is 0. The number of ether oxygens (including phenoxy) is 2. The Morgan fingerprint density at radius 1 is 1.35 bits per heavy atom. The van der Waals surface area contributed by atoms with Crippen LogP contribution in [0, 0.1) is 3.57 Å². The number of carbonyl (C=O) groups excluding carboxylic acids is 1. The molecule has 0 radical (unpaired) electrons. The topological polar surface area (TPSA) is 35.5 Å². The molecule has 0 spiro atoms. The molecule has 0 atom stereocenters. The molecule has 1 aliphatic carbocycles. The summed E-state index contributed by atoms with van der Waals surface area (Å²) in [5, 5.41) is 0. The minimum atomic E-state index is -0.277. The Hall–Kier alpha value is -1.04. The van der Waals surface area contributed by atoms with Crippen molar-refractivity contribution in [3.05, 3.63) is 33.9 Å². The third kappa shape index (κ3) is 4.51. The molecular weight excluding hydrogens is 367 g/mol. The Balaban J connectivity index is 1.82. The van der Waals surface area contributed by atoms with Crippen LogP contribution >= 0.6 is 22.6 Å². The van der Waals surface area contributed by atoms with Crippen LogP contribution in [0.2, 0.25) is 0 Å². The van der Waals surface area contributed by atoms with E-state index in [4.69, 9.17) is 9.47 Å². The van der Waals surface area contributed by atoms with Gasteiger partial charge in [-0.2, -0.15) is 0 Å². The van der Waals surface area contributed by atoms with Gasteiger partial charge in [0.05, 0.1) is 3.57 Å². The van der Waals surface area contributed by atoms with Gasteiger partial charge < -0.3 is 9.47 Å². The molecule has 1 aliphatic rings. The minimum Gasteiger partial charge on any atom is -0.481 e. The molecule has 0 unspecified atom stereocenters. The third-order valence-electron chi connectivity index (χ3n) is 3.39. The summed E-state index contributed by atoms with van der Waals surface area (Å²) in [6.45, 7) is 3.69. The fraction of sp³-hybridized carbons (Fsp3) is 0.438. The molecule has 1 fully saturated rings. The van der Waals surface area contributed by atoms with Crippen molar-refractivity contribution < 1.29 is 14.3 Å². The highest BCUT2D eigenvalue weighted by molar-refractivity contribution is 14.1. The maximum atomic E-state index is 11.8. The van der Waals surface area contributed by atoms with Crippen LogP contribution in [0.3, 0.4) is 0 Å². The molecule has 0 saturated heterocycles. The highest BCUT2D eigenvalue weighted by Crippen LogP contribution is 2.23. The van der Waals surface area contributed by atoms with E-state index < -0.39 is 0 Å². The van der Waals surface area contributed by atoms with Gasteiger partial charge in [-0.3, -0.25) is 0 Å². The SMILES string of the molecule is C=Cc1ccc(OCC(=O)OC2CCCCC2)c(I)c1. The van der Waals surface area contributed by atoms with E-state index in [2.05, 4.69) is 29.2 Å². The first-order valence-corrected chi connectivity index (χ1v) is 8.01. The lowest BCUT2D eigenvalue weighted by Crippen LogP contribution is -2.24. The summed E-state index contributed by atoms with van der Waals surface area (Å²) in [7, 11) is 0. The summed E-state index contributed by atoms with van der Waals surface area (Å²) in [5.41, 5.74) is 1.03. The lowest BCUT2D eigenvalue weighted by atomic mass is 9.98. The summed E-state index contributed by atoms with van der Waals surface area (Å²) < 4.78 is 11.9. The van der Waals surface area contributed by atoms with E-state index in [1.54, 1.807) is 6.08 Å². The van der Waals surface area contributed by atoms with Gasteiger partial charge in [-0.25, -0.2) is 4.79 Å². The smallest absolute Gasteiger partial charge is 0.344 e. The van der Waals surface area contributed by atoms with E-state index in [-0.39, 0.29) is 18.7 Å². The zero-order valence-electron chi connectivity index (χ0n) is 11.4. The van der Waals surface area contributed by atoms with Gasteiger partial charge in [-0.1, -0.05) is 25.1 Å². The predicted molar refractivity (Wildman–Crippen MR) is 87.7 cm³/mol. The van der Waals surface area contributed by atoms with Gasteiger partial charge >= 0.3 is 5.97 Å². The van der Waals surface area contributed by atoms with Crippen molar-refractivity contribution in [3.8, 4) is 5.75 Å². The van der Waals surface area contributed by atoms with Crippen molar-refractivity contribution >= 4 is 34.6 Å². The van der Waals surface area contributed by atoms with Crippen LogP contribution < -0.4 is 4.74 Å². The first-order chi connectivity index (χ1) is 9.69. The average molecular weight is 386 g/mol. The maximum Gasteiger partial charge on any atom is 0.344 e. The van der Waals surface area contributed by atoms with Crippen LogP contribution in [0.15, 0.2) is 24.8 Å². The second kappa shape index (κ2) is 7.67. The van der Waals surface area contributed by atoms with Crippen LogP contribution in [0.4, 0.5) is 0 Å². The lowest BCUT2D eigenvalue weighted by molar-refractivity contribution is -0.152. The number of rotatable bonds is 5. The molecule has 108 valence electrons. The molecule has 0 amide bonds. The van der Waals surface area contributed by atoms with Gasteiger partial charge in [0.1, 0.15) is 11.9 Å². The number of halogens is 1. The van der Waals surface area contributed by atoms with Gasteiger partial charge in [0.25, 0.3) is 0 Å². The van der Waals surface area contributed by atoms with Crippen LogP contribution in [-0.4, -0.2) is 18.7 Å². The molecular formula is C16H19IO3. The zero-order chi connectivity index (χ0) is 14.4. The van der Waals surface area contributed by atoms with E-state index in [9.17, 15) is 4.79 Å². The zero-order valence-corrected chi connectivity index (χ0v) is 13.6. The second-order valence-corrected chi connectivity index (χ2v) is 6.09. The fourth-order valence-corrected chi connectivity index (χ4v) is 3.00. The maximum absolute atomic E-state index is 11.8. The van der Waals surface area contributed by atoms with E-state index in [1.165, 1.54) is 6.42 Å². The summed E-state index contributed by atoms with van der Waals surface area (Å²) in [4.78, 5) is 11.8. The molecule has 3 nitrogen and oxygen atoms in total. The van der Waals surface area contributed by atoms with Crippen molar-refractivity contribution in [2.24, 2.45) is 0 Å². The largest absolute Gasteiger partial charge is 0.481 e. The molecule has 20 heavy (non-hydrogen) atoms. The molecule has 4 heteroatoms. The number of benzene rings is 1. The van der Waals surface area contributed by atoms with Crippen molar-refractivity contribution in [2.75, 3.05) is 6.61 Å². The van der Waals surface area contributed by atoms with Crippen molar-refractivity contribution in [1.29, 1.82) is 0 Å². The van der Waals surface area contributed by atoms with E-state index in [1.807, 2.05) is 18.2 Å². The first kappa shape index (κ1) is 15.4. The van der Waals surface area contributed by atoms with E-state index in [0.717, 1.165) is 34.8 Å². The number of esters is 1. The summed E-state index contributed by atoms with van der Waals surface area (Å²) in [6, 6.07) is 5.74. The van der Waals surface area contributed by atoms with Crippen LogP contribution in [0.5, 0.6) is 5.75 Å². The molecule has 0 bridgehead atoms. The summed E-state index contributed by atoms with van der Waals surface area (Å²) >= 11 is 2.19.